The zero-order chi connectivity index (χ0) is 21.7. The molecule has 2 aliphatic rings. The fourth-order valence-corrected chi connectivity index (χ4v) is 3.75. The third-order valence-corrected chi connectivity index (χ3v) is 5.39. The Morgan fingerprint density at radius 2 is 1.33 bits per heavy atom. The number of nitrogens with one attached hydrogen (secondary N) is 7. The molecule has 0 atom stereocenters. The molecule has 0 aromatic rings. The highest BCUT2D eigenvalue weighted by Gasteiger charge is 2.32. The number of fused-ring (bicyclic) bond motifs is 5. The van der Waals surface area contributed by atoms with E-state index in [1.807, 2.05) is 0 Å². The van der Waals surface area contributed by atoms with Crippen LogP contribution < -0.4 is 43.0 Å². The van der Waals surface area contributed by atoms with Crippen molar-refractivity contribution in [1.82, 2.24) is 37.2 Å². The maximum atomic E-state index is 12.6. The Bertz CT molecular complexity index is 516. The van der Waals surface area contributed by atoms with E-state index in [0.717, 1.165) is 39.0 Å². The molecule has 0 unspecified atom stereocenters. The molecular weight excluding hydrogens is 388 g/mol. The first-order valence-corrected chi connectivity index (χ1v) is 11.1. The van der Waals surface area contributed by atoms with Crippen LogP contribution in [0, 0.1) is 0 Å². The largest absolute Gasteiger partial charge is 0.481 e. The lowest BCUT2D eigenvalue weighted by atomic mass is 10.1. The number of aliphatic carboxylic acids is 1. The topological polar surface area (TPSA) is 165 Å². The minimum Gasteiger partial charge on any atom is -0.481 e. The zero-order valence-corrected chi connectivity index (χ0v) is 17.9. The van der Waals surface area contributed by atoms with Gasteiger partial charge < -0.3 is 37.4 Å². The summed E-state index contributed by atoms with van der Waals surface area (Å²) < 4.78 is 0. The fraction of sp³-hybridized carbons (Fsp3) is 0.895. The van der Waals surface area contributed by atoms with E-state index >= 15 is 0 Å². The fourth-order valence-electron chi connectivity index (χ4n) is 3.75. The van der Waals surface area contributed by atoms with Gasteiger partial charge in [-0.05, 0) is 45.4 Å². The number of hydrogen-bond acceptors (Lipinski definition) is 9. The second-order valence-corrected chi connectivity index (χ2v) is 8.30. The van der Waals surface area contributed by atoms with Crippen molar-refractivity contribution in [3.63, 3.8) is 0 Å². The first kappa shape index (κ1) is 24.9. The molecule has 10 N–H and O–H groups in total. The van der Waals surface area contributed by atoms with Crippen molar-refractivity contribution in [3.8, 4) is 0 Å². The van der Waals surface area contributed by atoms with Crippen LogP contribution in [-0.4, -0.2) is 93.8 Å². The molecule has 2 heterocycles. The summed E-state index contributed by atoms with van der Waals surface area (Å²) in [5.74, 6) is -1.03. The van der Waals surface area contributed by atoms with Crippen LogP contribution in [0.25, 0.3) is 0 Å². The lowest BCUT2D eigenvalue weighted by Gasteiger charge is -2.37. The van der Waals surface area contributed by atoms with E-state index in [0.29, 0.717) is 45.7 Å². The highest BCUT2D eigenvalue weighted by atomic mass is 16.4. The Morgan fingerprint density at radius 3 is 1.90 bits per heavy atom. The minimum absolute atomic E-state index is 0.00709. The predicted molar refractivity (Wildman–Crippen MR) is 116 cm³/mol. The number of amides is 1. The second kappa shape index (κ2) is 13.2. The molecule has 2 bridgehead atoms. The van der Waals surface area contributed by atoms with Gasteiger partial charge in [-0.3, -0.25) is 20.2 Å². The molecule has 0 saturated carbocycles. The van der Waals surface area contributed by atoms with Crippen molar-refractivity contribution < 1.29 is 14.7 Å². The standard InChI is InChI=1S/C19H40N8O3/c20-18-12-21-6-2-8-23-14-19(26-11-10-25-18,15-24-9-3-7-22-13-18)27-16(28)4-1-5-17(29)30/h21-26H,1-15,20H2,(H,27,28)(H,29,30). The van der Waals surface area contributed by atoms with Crippen LogP contribution in [0.1, 0.15) is 32.1 Å². The van der Waals surface area contributed by atoms with Gasteiger partial charge in [0.05, 0.1) is 5.66 Å². The Kier molecular flexibility index (Phi) is 10.9. The molecule has 174 valence electrons. The summed E-state index contributed by atoms with van der Waals surface area (Å²) in [6.07, 6.45) is 2.40. The summed E-state index contributed by atoms with van der Waals surface area (Å²) in [6, 6.07) is 0. The molecule has 11 nitrogen and oxygen atoms in total. The van der Waals surface area contributed by atoms with Crippen molar-refractivity contribution in [2.75, 3.05) is 65.4 Å². The van der Waals surface area contributed by atoms with Gasteiger partial charge in [0.1, 0.15) is 5.66 Å². The molecule has 1 amide bonds. The number of carbonyl (C=O) groups is 2. The Labute approximate surface area is 179 Å². The summed E-state index contributed by atoms with van der Waals surface area (Å²) >= 11 is 0. The van der Waals surface area contributed by atoms with Crippen LogP contribution in [-0.2, 0) is 9.59 Å². The number of hydrogen-bond donors (Lipinski definition) is 9. The van der Waals surface area contributed by atoms with Gasteiger partial charge in [0.25, 0.3) is 0 Å². The maximum Gasteiger partial charge on any atom is 0.303 e. The number of nitrogens with two attached hydrogens (primary N) is 1. The van der Waals surface area contributed by atoms with Crippen molar-refractivity contribution >= 4 is 11.9 Å². The molecule has 0 aliphatic carbocycles. The van der Waals surface area contributed by atoms with Crippen LogP contribution in [0.2, 0.25) is 0 Å². The van der Waals surface area contributed by atoms with Gasteiger partial charge in [-0.1, -0.05) is 0 Å². The van der Waals surface area contributed by atoms with E-state index in [9.17, 15) is 9.59 Å². The third-order valence-electron chi connectivity index (χ3n) is 5.39. The van der Waals surface area contributed by atoms with E-state index in [4.69, 9.17) is 10.8 Å². The Morgan fingerprint density at radius 1 is 0.800 bits per heavy atom. The van der Waals surface area contributed by atoms with Gasteiger partial charge in [0, 0.05) is 52.1 Å². The first-order chi connectivity index (χ1) is 14.4. The smallest absolute Gasteiger partial charge is 0.303 e. The van der Waals surface area contributed by atoms with E-state index in [2.05, 4.69) is 37.2 Å². The molecule has 0 aromatic heterocycles. The second-order valence-electron chi connectivity index (χ2n) is 8.30. The molecule has 2 saturated heterocycles. The molecule has 11 heteroatoms. The number of carbonyl (C=O) groups excluding carboxylic acids is 1. The maximum absolute atomic E-state index is 12.6. The number of carboxylic acid groups (broad SMARTS) is 1. The molecule has 30 heavy (non-hydrogen) atoms. The van der Waals surface area contributed by atoms with Crippen molar-refractivity contribution in [1.29, 1.82) is 0 Å². The molecule has 0 spiro atoms. The third kappa shape index (κ3) is 9.65. The predicted octanol–water partition coefficient (Wildman–Crippen LogP) is -2.95. The average molecular weight is 429 g/mol. The van der Waals surface area contributed by atoms with Crippen LogP contribution in [0.15, 0.2) is 0 Å². The lowest BCUT2D eigenvalue weighted by Crippen LogP contribution is -2.70. The molecule has 0 radical (unpaired) electrons. The quantitative estimate of drug-likeness (QED) is 0.221. The SMILES string of the molecule is NC12CNCCCNCC(NC(=O)CCCC(=O)O)(CNCCCNC1)NCCN2. The highest BCUT2D eigenvalue weighted by molar-refractivity contribution is 5.77. The molecule has 2 aliphatic heterocycles. The van der Waals surface area contributed by atoms with Gasteiger partial charge >= 0.3 is 5.97 Å². The number of rotatable bonds is 5. The van der Waals surface area contributed by atoms with Gasteiger partial charge in [0.15, 0.2) is 0 Å². The molecule has 2 rings (SSSR count). The van der Waals surface area contributed by atoms with Crippen LogP contribution in [0.3, 0.4) is 0 Å². The highest BCUT2D eigenvalue weighted by Crippen LogP contribution is 2.04. The Balaban J connectivity index is 2.09. The molecule has 0 aromatic carbocycles. The van der Waals surface area contributed by atoms with E-state index in [1.165, 1.54) is 0 Å². The van der Waals surface area contributed by atoms with Crippen LogP contribution in [0.5, 0.6) is 0 Å². The number of carboxylic acids is 1. The summed E-state index contributed by atoms with van der Waals surface area (Å²) in [5.41, 5.74) is 5.38. The van der Waals surface area contributed by atoms with E-state index in [-0.39, 0.29) is 18.7 Å². The van der Waals surface area contributed by atoms with Gasteiger partial charge in [-0.25, -0.2) is 0 Å². The summed E-state index contributed by atoms with van der Waals surface area (Å²) in [6.45, 7) is 7.08. The zero-order valence-electron chi connectivity index (χ0n) is 17.9. The van der Waals surface area contributed by atoms with Gasteiger partial charge in [-0.2, -0.15) is 0 Å². The van der Waals surface area contributed by atoms with Crippen molar-refractivity contribution in [2.45, 2.75) is 43.4 Å². The summed E-state index contributed by atoms with van der Waals surface area (Å²) in [7, 11) is 0. The van der Waals surface area contributed by atoms with E-state index in [1.54, 1.807) is 0 Å². The monoisotopic (exact) mass is 428 g/mol. The van der Waals surface area contributed by atoms with Crippen LogP contribution >= 0.6 is 0 Å². The van der Waals surface area contributed by atoms with E-state index < -0.39 is 17.3 Å². The lowest BCUT2D eigenvalue weighted by molar-refractivity contribution is -0.137. The molecule has 2 fully saturated rings. The minimum atomic E-state index is -0.884. The Hall–Kier alpha value is -1.34. The van der Waals surface area contributed by atoms with Gasteiger partial charge in [0.2, 0.25) is 5.91 Å². The van der Waals surface area contributed by atoms with Crippen LogP contribution in [0.4, 0.5) is 0 Å². The molecular formula is C19H40N8O3. The van der Waals surface area contributed by atoms with Crippen molar-refractivity contribution in [3.05, 3.63) is 0 Å². The first-order valence-electron chi connectivity index (χ1n) is 11.1. The average Bonchev–Trinajstić information content (AvgIpc) is 2.71. The van der Waals surface area contributed by atoms with Crippen molar-refractivity contribution in [2.24, 2.45) is 5.73 Å². The summed E-state index contributed by atoms with van der Waals surface area (Å²) in [5, 5.41) is 32.7. The summed E-state index contributed by atoms with van der Waals surface area (Å²) in [4.78, 5) is 23.3. The normalized spacial score (nSPS) is 30.2. The van der Waals surface area contributed by atoms with Gasteiger partial charge in [-0.15, -0.1) is 0 Å².